The first kappa shape index (κ1) is 20.7. The van der Waals surface area contributed by atoms with E-state index in [0.29, 0.717) is 11.5 Å². The van der Waals surface area contributed by atoms with Crippen LogP contribution < -0.4 is 11.1 Å². The molecule has 0 heterocycles. The van der Waals surface area contributed by atoms with Crippen LogP contribution in [0.3, 0.4) is 0 Å². The number of nitrogens with one attached hydrogen (secondary N) is 1. The van der Waals surface area contributed by atoms with Crippen LogP contribution in [0, 0.1) is 5.41 Å². The summed E-state index contributed by atoms with van der Waals surface area (Å²) in [6, 6.07) is -0.584. The van der Waals surface area contributed by atoms with E-state index >= 15 is 0 Å². The van der Waals surface area contributed by atoms with Crippen molar-refractivity contribution in [2.24, 2.45) is 11.1 Å². The van der Waals surface area contributed by atoms with Crippen LogP contribution in [-0.2, 0) is 19.1 Å². The maximum Gasteiger partial charge on any atom is 0.407 e. The maximum absolute atomic E-state index is 12.0. The van der Waals surface area contributed by atoms with Gasteiger partial charge in [0.2, 0.25) is 0 Å². The molecular weight excluding hydrogens is 308 g/mol. The third-order valence-electron chi connectivity index (χ3n) is 2.63. The molecule has 2 unspecified atom stereocenters. The third-order valence-corrected chi connectivity index (χ3v) is 3.83. The van der Waals surface area contributed by atoms with Crippen LogP contribution in [0.1, 0.15) is 27.7 Å². The highest BCUT2D eigenvalue weighted by atomic mass is 32.2. The summed E-state index contributed by atoms with van der Waals surface area (Å²) in [6.07, 6.45) is -1.20. The van der Waals surface area contributed by atoms with Crippen molar-refractivity contribution in [1.82, 2.24) is 5.32 Å². The van der Waals surface area contributed by atoms with Gasteiger partial charge in [-0.15, -0.1) is 0 Å². The smallest absolute Gasteiger partial charge is 0.407 e. The van der Waals surface area contributed by atoms with Gasteiger partial charge in [0, 0.05) is 30.9 Å². The van der Waals surface area contributed by atoms with E-state index in [1.807, 2.05) is 20.8 Å². The highest BCUT2D eigenvalue weighted by Crippen LogP contribution is 2.18. The summed E-state index contributed by atoms with van der Waals surface area (Å²) in [7, 11) is 1.44. The number of thioether (sulfide) groups is 1. The Kier molecular flexibility index (Phi) is 9.12. The summed E-state index contributed by atoms with van der Waals surface area (Å²) in [6.45, 7) is 6.70. The van der Waals surface area contributed by atoms with Crippen LogP contribution >= 0.6 is 11.8 Å². The van der Waals surface area contributed by atoms with E-state index in [-0.39, 0.29) is 12.4 Å². The Morgan fingerprint density at radius 1 is 1.23 bits per heavy atom. The molecule has 22 heavy (non-hydrogen) atoms. The van der Waals surface area contributed by atoms with Gasteiger partial charge in [-0.3, -0.25) is 9.59 Å². The van der Waals surface area contributed by atoms with Gasteiger partial charge in [0.05, 0.1) is 6.04 Å². The second-order valence-electron chi connectivity index (χ2n) is 5.84. The van der Waals surface area contributed by atoms with E-state index in [9.17, 15) is 14.4 Å². The van der Waals surface area contributed by atoms with E-state index in [4.69, 9.17) is 15.2 Å². The van der Waals surface area contributed by atoms with E-state index in [1.165, 1.54) is 25.7 Å². The molecule has 8 heteroatoms. The van der Waals surface area contributed by atoms with E-state index in [0.717, 1.165) is 0 Å². The van der Waals surface area contributed by atoms with Gasteiger partial charge in [-0.1, -0.05) is 20.8 Å². The first-order valence-corrected chi connectivity index (χ1v) is 8.12. The zero-order valence-electron chi connectivity index (χ0n) is 13.8. The van der Waals surface area contributed by atoms with Gasteiger partial charge in [0.1, 0.15) is 12.7 Å². The van der Waals surface area contributed by atoms with Crippen molar-refractivity contribution in [2.45, 2.75) is 39.8 Å². The fourth-order valence-corrected chi connectivity index (χ4v) is 2.46. The van der Waals surface area contributed by atoms with Crippen molar-refractivity contribution in [3.63, 3.8) is 0 Å². The SMILES string of the molecule is CNC(=O)OC(COC(C)=O)CSCC(N)C(=O)C(C)(C)C. The van der Waals surface area contributed by atoms with Crippen molar-refractivity contribution in [3.8, 4) is 0 Å². The lowest BCUT2D eigenvalue weighted by Crippen LogP contribution is -2.41. The molecule has 0 rings (SSSR count). The molecule has 0 aromatic heterocycles. The topological polar surface area (TPSA) is 108 Å². The van der Waals surface area contributed by atoms with Crippen LogP contribution in [-0.4, -0.2) is 55.2 Å². The lowest BCUT2D eigenvalue weighted by Gasteiger charge is -2.22. The predicted octanol–water partition coefficient (Wildman–Crippen LogP) is 0.950. The number of hydrogen-bond donors (Lipinski definition) is 2. The normalized spacial score (nSPS) is 13.9. The Hall–Kier alpha value is -1.28. The number of rotatable bonds is 8. The molecule has 0 aliphatic rings. The van der Waals surface area contributed by atoms with Gasteiger partial charge in [0.25, 0.3) is 0 Å². The molecule has 0 aromatic carbocycles. The number of alkyl carbamates (subject to hydrolysis) is 1. The maximum atomic E-state index is 12.0. The largest absolute Gasteiger partial charge is 0.462 e. The second-order valence-corrected chi connectivity index (χ2v) is 6.91. The number of carbonyl (C=O) groups excluding carboxylic acids is 3. The molecule has 0 spiro atoms. The molecule has 0 fully saturated rings. The summed E-state index contributed by atoms with van der Waals surface area (Å²) in [4.78, 5) is 34.1. The fourth-order valence-electron chi connectivity index (χ4n) is 1.50. The van der Waals surface area contributed by atoms with Crippen LogP contribution in [0.5, 0.6) is 0 Å². The minimum atomic E-state index is -0.604. The zero-order valence-corrected chi connectivity index (χ0v) is 14.6. The lowest BCUT2D eigenvalue weighted by molar-refractivity contribution is -0.143. The number of carbonyl (C=O) groups is 3. The third kappa shape index (κ3) is 8.89. The first-order valence-electron chi connectivity index (χ1n) is 6.97. The molecule has 1 amide bonds. The highest BCUT2D eigenvalue weighted by molar-refractivity contribution is 7.99. The molecule has 0 saturated carbocycles. The molecule has 128 valence electrons. The minimum Gasteiger partial charge on any atom is -0.462 e. The molecular formula is C14H26N2O5S. The Morgan fingerprint density at radius 2 is 1.82 bits per heavy atom. The number of hydrogen-bond acceptors (Lipinski definition) is 7. The van der Waals surface area contributed by atoms with E-state index in [1.54, 1.807) is 0 Å². The van der Waals surface area contributed by atoms with Crippen LogP contribution in [0.4, 0.5) is 4.79 Å². The molecule has 0 aromatic rings. The van der Waals surface area contributed by atoms with Gasteiger partial charge >= 0.3 is 12.1 Å². The highest BCUT2D eigenvalue weighted by Gasteiger charge is 2.27. The average Bonchev–Trinajstić information content (AvgIpc) is 2.42. The lowest BCUT2D eigenvalue weighted by atomic mass is 9.87. The number of ketones is 1. The zero-order chi connectivity index (χ0) is 17.3. The summed E-state index contributed by atoms with van der Waals surface area (Å²) < 4.78 is 9.94. The fraction of sp³-hybridized carbons (Fsp3) is 0.786. The van der Waals surface area contributed by atoms with Gasteiger partial charge in [-0.05, 0) is 0 Å². The van der Waals surface area contributed by atoms with Gasteiger partial charge in [0.15, 0.2) is 5.78 Å². The van der Waals surface area contributed by atoms with Crippen molar-refractivity contribution >= 4 is 29.6 Å². The average molecular weight is 334 g/mol. The van der Waals surface area contributed by atoms with E-state index < -0.39 is 29.6 Å². The molecule has 0 aliphatic carbocycles. The summed E-state index contributed by atoms with van der Waals surface area (Å²) in [5.74, 6) is 0.314. The monoisotopic (exact) mass is 334 g/mol. The molecule has 0 radical (unpaired) electrons. The predicted molar refractivity (Wildman–Crippen MR) is 85.7 cm³/mol. The number of amides is 1. The number of ether oxygens (including phenoxy) is 2. The number of esters is 1. The van der Waals surface area contributed by atoms with Crippen LogP contribution in [0.25, 0.3) is 0 Å². The van der Waals surface area contributed by atoms with Crippen LogP contribution in [0.15, 0.2) is 0 Å². The number of nitrogens with two attached hydrogens (primary N) is 1. The van der Waals surface area contributed by atoms with Gasteiger partial charge in [-0.25, -0.2) is 4.79 Å². The molecule has 0 aliphatic heterocycles. The molecule has 3 N–H and O–H groups in total. The quantitative estimate of drug-likeness (QED) is 0.636. The summed E-state index contributed by atoms with van der Waals surface area (Å²) >= 11 is 1.38. The van der Waals surface area contributed by atoms with Crippen LogP contribution in [0.2, 0.25) is 0 Å². The van der Waals surface area contributed by atoms with Crippen molar-refractivity contribution in [2.75, 3.05) is 25.2 Å². The van der Waals surface area contributed by atoms with Gasteiger partial charge in [-0.2, -0.15) is 11.8 Å². The Labute approximate surface area is 135 Å². The molecule has 0 saturated heterocycles. The molecule has 2 atom stereocenters. The van der Waals surface area contributed by atoms with Crippen molar-refractivity contribution in [1.29, 1.82) is 0 Å². The first-order chi connectivity index (χ1) is 10.1. The summed E-state index contributed by atoms with van der Waals surface area (Å²) in [5.41, 5.74) is 5.37. The van der Waals surface area contributed by atoms with E-state index in [2.05, 4.69) is 5.32 Å². The Bertz CT molecular complexity index is 395. The second kappa shape index (κ2) is 9.68. The van der Waals surface area contributed by atoms with Crippen molar-refractivity contribution < 1.29 is 23.9 Å². The van der Waals surface area contributed by atoms with Gasteiger partial charge < -0.3 is 20.5 Å². The standard InChI is InChI=1S/C14H26N2O5S/c1-9(17)20-6-10(21-13(19)16-5)7-22-8-11(15)12(18)14(2,3)4/h10-11H,6-8,15H2,1-5H3,(H,16,19). The van der Waals surface area contributed by atoms with Crippen molar-refractivity contribution in [3.05, 3.63) is 0 Å². The minimum absolute atomic E-state index is 0.0243. The molecule has 0 bridgehead atoms. The Balaban J connectivity index is 4.34. The summed E-state index contributed by atoms with van der Waals surface area (Å²) in [5, 5.41) is 2.33. The Morgan fingerprint density at radius 3 is 2.27 bits per heavy atom. The molecule has 7 nitrogen and oxygen atoms in total. The number of Topliss-reactive ketones (excluding diaryl/α,β-unsaturated/α-hetero) is 1.